The van der Waals surface area contributed by atoms with Crippen molar-refractivity contribution in [2.24, 2.45) is 16.5 Å². The second-order valence-electron chi connectivity index (χ2n) is 11.9. The van der Waals surface area contributed by atoms with Gasteiger partial charge < -0.3 is 11.5 Å². The quantitative estimate of drug-likeness (QED) is 0.133. The molecule has 4 N–H and O–H groups in total. The molecule has 0 fully saturated rings. The molecule has 0 radical (unpaired) electrons. The van der Waals surface area contributed by atoms with Gasteiger partial charge >= 0.3 is 0 Å². The minimum Gasteiger partial charge on any atom is -0.383 e. The van der Waals surface area contributed by atoms with E-state index < -0.39 is 0 Å². The molecule has 1 aromatic heterocycles. The number of fused-ring (bicyclic) bond motifs is 3. The first-order valence-corrected chi connectivity index (χ1v) is 17.3. The zero-order valence-electron chi connectivity index (χ0n) is 27.2. The van der Waals surface area contributed by atoms with E-state index in [0.717, 1.165) is 11.1 Å². The molecular formula is C45H37N3S. The largest absolute Gasteiger partial charge is 0.383 e. The first kappa shape index (κ1) is 31.8. The summed E-state index contributed by atoms with van der Waals surface area (Å²) in [7, 11) is 0. The molecule has 0 aliphatic rings. The average molecular weight is 652 g/mol. The molecule has 49 heavy (non-hydrogen) atoms. The SMILES string of the molecule is NC(=NCc1ccccc1)c1ccccc1.NCc1ccc(-c2cccc3sc4ccc(-c5cccc(-c6ccccc6)c5)cc4c23)cc1. The number of hydrogen-bond donors (Lipinski definition) is 2. The number of hydrogen-bond acceptors (Lipinski definition) is 3. The summed E-state index contributed by atoms with van der Waals surface area (Å²) in [6.07, 6.45) is 0. The third-order valence-electron chi connectivity index (χ3n) is 8.64. The van der Waals surface area contributed by atoms with Gasteiger partial charge in [0.05, 0.1) is 6.54 Å². The van der Waals surface area contributed by atoms with Crippen molar-refractivity contribution in [2.75, 3.05) is 0 Å². The number of benzene rings is 7. The molecular weight excluding hydrogens is 615 g/mol. The lowest BCUT2D eigenvalue weighted by Crippen LogP contribution is -2.13. The standard InChI is InChI=1S/C31H23NS.C14H14N2/c32-20-21-12-14-23(15-13-21)27-10-5-11-30-31(27)28-19-26(16-17-29(28)33-30)25-9-4-8-24(18-25)22-6-2-1-3-7-22;15-14(13-9-5-2-6-10-13)16-11-12-7-3-1-4-8-12/h1-19H,20,32H2;1-10H,11H2,(H2,15,16). The van der Waals surface area contributed by atoms with Crippen molar-refractivity contribution in [3.63, 3.8) is 0 Å². The molecule has 0 spiro atoms. The summed E-state index contributed by atoms with van der Waals surface area (Å²) in [5.74, 6) is 0.587. The van der Waals surface area contributed by atoms with E-state index in [1.54, 1.807) is 0 Å². The zero-order chi connectivity index (χ0) is 33.4. The van der Waals surface area contributed by atoms with Gasteiger partial charge in [0.15, 0.2) is 0 Å². The third-order valence-corrected chi connectivity index (χ3v) is 9.78. The Kier molecular flexibility index (Phi) is 9.70. The van der Waals surface area contributed by atoms with E-state index in [4.69, 9.17) is 11.5 Å². The van der Waals surface area contributed by atoms with E-state index in [2.05, 4.69) is 120 Å². The molecule has 7 aromatic carbocycles. The highest BCUT2D eigenvalue weighted by molar-refractivity contribution is 7.26. The molecule has 3 nitrogen and oxygen atoms in total. The Morgan fingerprint density at radius 3 is 1.80 bits per heavy atom. The minimum atomic E-state index is 0.567. The second-order valence-corrected chi connectivity index (χ2v) is 13.0. The molecule has 0 atom stereocenters. The van der Waals surface area contributed by atoms with Gasteiger partial charge in [-0.1, -0.05) is 152 Å². The average Bonchev–Trinajstić information content (AvgIpc) is 3.57. The van der Waals surface area contributed by atoms with Crippen molar-refractivity contribution in [1.82, 2.24) is 0 Å². The van der Waals surface area contributed by atoms with Crippen LogP contribution in [0.15, 0.2) is 181 Å². The van der Waals surface area contributed by atoms with Crippen LogP contribution in [0.4, 0.5) is 0 Å². The van der Waals surface area contributed by atoms with Crippen molar-refractivity contribution in [2.45, 2.75) is 13.1 Å². The summed E-state index contributed by atoms with van der Waals surface area (Å²) >= 11 is 1.86. The number of thiophene rings is 1. The number of amidine groups is 1. The Morgan fingerprint density at radius 1 is 0.490 bits per heavy atom. The number of rotatable bonds is 7. The highest BCUT2D eigenvalue weighted by Crippen LogP contribution is 2.41. The third kappa shape index (κ3) is 7.37. The van der Waals surface area contributed by atoms with Crippen molar-refractivity contribution in [3.05, 3.63) is 193 Å². The first-order chi connectivity index (χ1) is 24.2. The lowest BCUT2D eigenvalue weighted by molar-refractivity contribution is 1.06. The van der Waals surface area contributed by atoms with Crippen molar-refractivity contribution in [1.29, 1.82) is 0 Å². The normalized spacial score (nSPS) is 11.3. The summed E-state index contributed by atoms with van der Waals surface area (Å²) in [5, 5.41) is 2.65. The Hall–Kier alpha value is -5.81. The molecule has 0 amide bonds. The maximum Gasteiger partial charge on any atom is 0.125 e. The lowest BCUT2D eigenvalue weighted by Gasteiger charge is -2.08. The van der Waals surface area contributed by atoms with E-state index >= 15 is 0 Å². The Labute approximate surface area is 291 Å². The van der Waals surface area contributed by atoms with Gasteiger partial charge in [-0.05, 0) is 68.8 Å². The van der Waals surface area contributed by atoms with Gasteiger partial charge in [0.25, 0.3) is 0 Å². The topological polar surface area (TPSA) is 64.4 Å². The van der Waals surface area contributed by atoms with E-state index in [1.807, 2.05) is 72.0 Å². The fourth-order valence-corrected chi connectivity index (χ4v) is 7.15. The molecule has 0 saturated carbocycles. The summed E-state index contributed by atoms with van der Waals surface area (Å²) in [4.78, 5) is 4.36. The summed E-state index contributed by atoms with van der Waals surface area (Å²) in [6, 6.07) is 61.4. The van der Waals surface area contributed by atoms with Gasteiger partial charge in [-0.3, -0.25) is 4.99 Å². The van der Waals surface area contributed by atoms with Gasteiger partial charge in [0.1, 0.15) is 5.84 Å². The van der Waals surface area contributed by atoms with Crippen LogP contribution in [0.5, 0.6) is 0 Å². The van der Waals surface area contributed by atoms with Crippen LogP contribution >= 0.6 is 11.3 Å². The van der Waals surface area contributed by atoms with E-state index in [9.17, 15) is 0 Å². The highest BCUT2D eigenvalue weighted by Gasteiger charge is 2.12. The van der Waals surface area contributed by atoms with Crippen LogP contribution in [-0.2, 0) is 13.1 Å². The molecule has 8 rings (SSSR count). The predicted molar refractivity (Wildman–Crippen MR) is 211 cm³/mol. The van der Waals surface area contributed by atoms with Gasteiger partial charge in [-0.2, -0.15) is 0 Å². The van der Waals surface area contributed by atoms with E-state index in [1.165, 1.54) is 59.1 Å². The lowest BCUT2D eigenvalue weighted by atomic mass is 9.95. The van der Waals surface area contributed by atoms with Crippen LogP contribution < -0.4 is 11.5 Å². The smallest absolute Gasteiger partial charge is 0.125 e. The molecule has 8 aromatic rings. The molecule has 0 saturated heterocycles. The van der Waals surface area contributed by atoms with E-state index in [-0.39, 0.29) is 0 Å². The van der Waals surface area contributed by atoms with E-state index in [0.29, 0.717) is 18.9 Å². The molecule has 0 unspecified atom stereocenters. The number of aliphatic imine (C=N–C) groups is 1. The van der Waals surface area contributed by atoms with Gasteiger partial charge in [0.2, 0.25) is 0 Å². The summed E-state index contributed by atoms with van der Waals surface area (Å²) in [6.45, 7) is 1.19. The van der Waals surface area contributed by atoms with Crippen LogP contribution in [0.25, 0.3) is 53.6 Å². The minimum absolute atomic E-state index is 0.567. The zero-order valence-corrected chi connectivity index (χ0v) is 28.0. The molecule has 1 heterocycles. The van der Waals surface area contributed by atoms with Crippen molar-refractivity contribution in [3.8, 4) is 33.4 Å². The summed E-state index contributed by atoms with van der Waals surface area (Å²) in [5.41, 5.74) is 22.5. The van der Waals surface area contributed by atoms with Crippen LogP contribution in [0.1, 0.15) is 16.7 Å². The Bertz CT molecular complexity index is 2330. The first-order valence-electron chi connectivity index (χ1n) is 16.5. The number of nitrogens with zero attached hydrogens (tertiary/aromatic N) is 1. The maximum atomic E-state index is 5.89. The van der Waals surface area contributed by atoms with Crippen molar-refractivity contribution >= 4 is 37.3 Å². The van der Waals surface area contributed by atoms with Crippen molar-refractivity contribution < 1.29 is 0 Å². The molecule has 0 bridgehead atoms. The van der Waals surface area contributed by atoms with Crippen LogP contribution in [-0.4, -0.2) is 5.84 Å². The van der Waals surface area contributed by atoms with Crippen LogP contribution in [0.3, 0.4) is 0 Å². The predicted octanol–water partition coefficient (Wildman–Crippen LogP) is 11.1. The van der Waals surface area contributed by atoms with Crippen LogP contribution in [0, 0.1) is 0 Å². The van der Waals surface area contributed by atoms with Crippen LogP contribution in [0.2, 0.25) is 0 Å². The molecule has 238 valence electrons. The Morgan fingerprint density at radius 2 is 1.08 bits per heavy atom. The van der Waals surface area contributed by atoms with Gasteiger partial charge in [-0.15, -0.1) is 11.3 Å². The molecule has 0 aliphatic carbocycles. The second kappa shape index (κ2) is 15.0. The molecule has 4 heteroatoms. The fourth-order valence-electron chi connectivity index (χ4n) is 6.04. The van der Waals surface area contributed by atoms with Gasteiger partial charge in [0, 0.05) is 32.3 Å². The monoisotopic (exact) mass is 651 g/mol. The van der Waals surface area contributed by atoms with Gasteiger partial charge in [-0.25, -0.2) is 0 Å². The summed E-state index contributed by atoms with van der Waals surface area (Å²) < 4.78 is 2.64. The fraction of sp³-hybridized carbons (Fsp3) is 0.0444. The Balaban J connectivity index is 0.000000199. The highest BCUT2D eigenvalue weighted by atomic mass is 32.1. The maximum absolute atomic E-state index is 5.89. The molecule has 0 aliphatic heterocycles. The number of nitrogens with two attached hydrogens (primary N) is 2.